The van der Waals surface area contributed by atoms with Crippen LogP contribution in [0.4, 0.5) is 0 Å². The lowest BCUT2D eigenvalue weighted by Gasteiger charge is -2.12. The van der Waals surface area contributed by atoms with Crippen molar-refractivity contribution < 1.29 is 0 Å². The Balaban J connectivity index is 2.64. The highest BCUT2D eigenvalue weighted by atomic mass is 14.8. The molecular weight excluding hydrogens is 136 g/mol. The molecule has 1 aliphatic heterocycles. The summed E-state index contributed by atoms with van der Waals surface area (Å²) in [6, 6.07) is 2.13. The molecule has 0 aromatic carbocycles. The van der Waals surface area contributed by atoms with Crippen LogP contribution in [0.1, 0.15) is 11.3 Å². The van der Waals surface area contributed by atoms with E-state index in [0.717, 1.165) is 6.42 Å². The predicted molar refractivity (Wildman–Crippen MR) is 43.5 cm³/mol. The molecule has 1 N–H and O–H groups in total. The number of pyridine rings is 1. The van der Waals surface area contributed by atoms with Gasteiger partial charge in [-0.25, -0.2) is 0 Å². The topological polar surface area (TPSA) is 28.7 Å². The summed E-state index contributed by atoms with van der Waals surface area (Å²) in [6.07, 6.45) is 6.27. The first-order valence-electron chi connectivity index (χ1n) is 3.89. The molecule has 11 heavy (non-hydrogen) atoms. The molecule has 0 saturated heterocycles. The molecular formula is C9H8N2. The van der Waals surface area contributed by atoms with Crippen molar-refractivity contribution in [2.75, 3.05) is 0 Å². The minimum atomic E-state index is 1.11. The number of aryl methyl sites for hydroxylation is 2. The predicted octanol–water partition coefficient (Wildman–Crippen LogP) is 1.66. The summed E-state index contributed by atoms with van der Waals surface area (Å²) in [7, 11) is 0. The minimum Gasteiger partial charge on any atom is -0.360 e. The number of hydrogen-bond donors (Lipinski definition) is 1. The van der Waals surface area contributed by atoms with Crippen LogP contribution in [-0.4, -0.2) is 9.97 Å². The van der Waals surface area contributed by atoms with Crippen molar-refractivity contribution in [3.63, 3.8) is 0 Å². The van der Waals surface area contributed by atoms with Gasteiger partial charge in [0.15, 0.2) is 0 Å². The second kappa shape index (κ2) is 1.64. The first-order valence-corrected chi connectivity index (χ1v) is 3.89. The molecule has 2 aromatic heterocycles. The zero-order valence-electron chi connectivity index (χ0n) is 6.09. The smallest absolute Gasteiger partial charge is 0.0676 e. The van der Waals surface area contributed by atoms with E-state index in [-0.39, 0.29) is 0 Å². The molecule has 2 nitrogen and oxygen atoms in total. The number of nitrogens with one attached hydrogen (secondary N) is 1. The van der Waals surface area contributed by atoms with Crippen LogP contribution in [0.2, 0.25) is 0 Å². The van der Waals surface area contributed by atoms with E-state index >= 15 is 0 Å². The van der Waals surface area contributed by atoms with Gasteiger partial charge in [0.25, 0.3) is 0 Å². The highest BCUT2D eigenvalue weighted by Crippen LogP contribution is 2.26. The fourth-order valence-electron chi connectivity index (χ4n) is 1.81. The molecule has 0 amide bonds. The number of rotatable bonds is 0. The fourth-order valence-corrected chi connectivity index (χ4v) is 1.81. The molecule has 0 spiro atoms. The van der Waals surface area contributed by atoms with Gasteiger partial charge < -0.3 is 4.98 Å². The highest BCUT2D eigenvalue weighted by Gasteiger charge is 2.13. The van der Waals surface area contributed by atoms with E-state index in [1.165, 1.54) is 28.6 Å². The van der Waals surface area contributed by atoms with Gasteiger partial charge in [-0.1, -0.05) is 0 Å². The maximum Gasteiger partial charge on any atom is 0.0676 e. The zero-order chi connectivity index (χ0) is 7.26. The molecule has 0 atom stereocenters. The Kier molecular flexibility index (Phi) is 0.799. The lowest BCUT2D eigenvalue weighted by Crippen LogP contribution is -2.04. The molecule has 2 aliphatic rings. The summed E-state index contributed by atoms with van der Waals surface area (Å²) in [5.74, 6) is 0. The van der Waals surface area contributed by atoms with Gasteiger partial charge in [0.2, 0.25) is 0 Å². The van der Waals surface area contributed by atoms with Gasteiger partial charge in [0, 0.05) is 17.8 Å². The maximum atomic E-state index is 4.33. The summed E-state index contributed by atoms with van der Waals surface area (Å²) in [5, 5.41) is 1.36. The quantitative estimate of drug-likeness (QED) is 0.598. The molecule has 2 bridgehead atoms. The molecule has 0 unspecified atom stereocenters. The normalized spacial score (nSPS) is 14.5. The van der Waals surface area contributed by atoms with Crippen molar-refractivity contribution in [2.24, 2.45) is 0 Å². The van der Waals surface area contributed by atoms with Crippen molar-refractivity contribution in [3.8, 4) is 0 Å². The number of aromatic nitrogens is 2. The average molecular weight is 144 g/mol. The monoisotopic (exact) mass is 144 g/mol. The van der Waals surface area contributed by atoms with Crippen molar-refractivity contribution >= 4 is 10.9 Å². The second-order valence-corrected chi connectivity index (χ2v) is 3.00. The van der Waals surface area contributed by atoms with E-state index in [0.29, 0.717) is 0 Å². The summed E-state index contributed by atoms with van der Waals surface area (Å²) in [6.45, 7) is 0. The van der Waals surface area contributed by atoms with Crippen LogP contribution in [0.15, 0.2) is 18.5 Å². The standard InChI is InChI=1S/C9H8N2/c1-2-8-9-7(3-4-10-9)6(1)5-11-8/h3-5,10H,1-2H2. The van der Waals surface area contributed by atoms with Gasteiger partial charge in [-0.15, -0.1) is 0 Å². The molecule has 0 radical (unpaired) electrons. The summed E-state index contributed by atoms with van der Waals surface area (Å²) < 4.78 is 0. The zero-order valence-corrected chi connectivity index (χ0v) is 6.09. The maximum absolute atomic E-state index is 4.33. The largest absolute Gasteiger partial charge is 0.360 e. The molecule has 54 valence electrons. The summed E-state index contributed by atoms with van der Waals surface area (Å²) in [4.78, 5) is 7.55. The van der Waals surface area contributed by atoms with Crippen LogP contribution < -0.4 is 0 Å². The third kappa shape index (κ3) is 0.546. The van der Waals surface area contributed by atoms with E-state index in [9.17, 15) is 0 Å². The van der Waals surface area contributed by atoms with E-state index < -0.39 is 0 Å². The van der Waals surface area contributed by atoms with Crippen LogP contribution in [0.25, 0.3) is 10.9 Å². The Hall–Kier alpha value is -1.31. The Labute approximate surface area is 64.3 Å². The van der Waals surface area contributed by atoms with Crippen molar-refractivity contribution in [1.82, 2.24) is 9.97 Å². The van der Waals surface area contributed by atoms with Crippen LogP contribution in [0, 0.1) is 0 Å². The third-order valence-corrected chi connectivity index (χ3v) is 2.39. The van der Waals surface area contributed by atoms with Gasteiger partial charge in [-0.2, -0.15) is 0 Å². The van der Waals surface area contributed by atoms with E-state index in [1.807, 2.05) is 12.4 Å². The average Bonchev–Trinajstić information content (AvgIpc) is 2.55. The number of nitrogens with zero attached hydrogens (tertiary/aromatic N) is 1. The van der Waals surface area contributed by atoms with Crippen LogP contribution in [-0.2, 0) is 12.8 Å². The summed E-state index contributed by atoms with van der Waals surface area (Å²) in [5.41, 5.74) is 3.85. The Morgan fingerprint density at radius 1 is 1.36 bits per heavy atom. The van der Waals surface area contributed by atoms with Crippen LogP contribution >= 0.6 is 0 Å². The molecule has 0 fully saturated rings. The van der Waals surface area contributed by atoms with E-state index in [4.69, 9.17) is 0 Å². The second-order valence-electron chi connectivity index (χ2n) is 3.00. The first kappa shape index (κ1) is 5.35. The molecule has 4 rings (SSSR count). The number of hydrogen-bond acceptors (Lipinski definition) is 1. The Morgan fingerprint density at radius 3 is 3.09 bits per heavy atom. The molecule has 3 heterocycles. The highest BCUT2D eigenvalue weighted by molar-refractivity contribution is 5.86. The van der Waals surface area contributed by atoms with Crippen molar-refractivity contribution in [1.29, 1.82) is 0 Å². The molecule has 1 aliphatic carbocycles. The molecule has 2 heteroatoms. The Morgan fingerprint density at radius 2 is 2.36 bits per heavy atom. The van der Waals surface area contributed by atoms with E-state index in [2.05, 4.69) is 16.0 Å². The third-order valence-electron chi connectivity index (χ3n) is 2.39. The van der Waals surface area contributed by atoms with Gasteiger partial charge in [-0.05, 0) is 24.5 Å². The van der Waals surface area contributed by atoms with Crippen molar-refractivity contribution in [3.05, 3.63) is 29.7 Å². The SMILES string of the molecule is c1cc2c3cnc(c2[nH]1)CC3. The molecule has 0 saturated carbocycles. The Bertz CT molecular complexity index is 376. The van der Waals surface area contributed by atoms with Crippen LogP contribution in [0.3, 0.4) is 0 Å². The molecule has 2 aromatic rings. The minimum absolute atomic E-state index is 1.11. The van der Waals surface area contributed by atoms with Gasteiger partial charge in [0.1, 0.15) is 0 Å². The van der Waals surface area contributed by atoms with Crippen LogP contribution in [0.5, 0.6) is 0 Å². The number of aromatic amines is 1. The van der Waals surface area contributed by atoms with Crippen molar-refractivity contribution in [2.45, 2.75) is 12.8 Å². The van der Waals surface area contributed by atoms with Gasteiger partial charge >= 0.3 is 0 Å². The van der Waals surface area contributed by atoms with Gasteiger partial charge in [-0.3, -0.25) is 4.98 Å². The number of fused-ring (bicyclic) bond motifs is 2. The lowest BCUT2D eigenvalue weighted by molar-refractivity contribution is 0.876. The number of H-pyrrole nitrogens is 1. The lowest BCUT2D eigenvalue weighted by atomic mass is 9.98. The van der Waals surface area contributed by atoms with Gasteiger partial charge in [0.05, 0.1) is 11.2 Å². The summed E-state index contributed by atoms with van der Waals surface area (Å²) >= 11 is 0. The fraction of sp³-hybridized carbons (Fsp3) is 0.222. The van der Waals surface area contributed by atoms with E-state index in [1.54, 1.807) is 0 Å². The first-order chi connectivity index (χ1) is 5.45.